The molecule has 3 aromatic carbocycles. The maximum atomic E-state index is 14.3. The number of carbonyl (C=O) groups is 1. The van der Waals surface area contributed by atoms with Gasteiger partial charge in [0.15, 0.2) is 11.6 Å². The van der Waals surface area contributed by atoms with Crippen LogP contribution < -0.4 is 15.2 Å². The van der Waals surface area contributed by atoms with Crippen LogP contribution in [0.4, 0.5) is 14.5 Å². The average molecular weight is 557 g/mol. The van der Waals surface area contributed by atoms with E-state index in [-0.39, 0.29) is 40.5 Å². The molecule has 0 amide bonds. The van der Waals surface area contributed by atoms with Crippen LogP contribution in [0.5, 0.6) is 11.5 Å². The van der Waals surface area contributed by atoms with Gasteiger partial charge < -0.3 is 14.4 Å². The molecule has 41 heavy (non-hydrogen) atoms. The Balaban J connectivity index is 1.18. The lowest BCUT2D eigenvalue weighted by atomic mass is 10.1. The number of ether oxygens (including phenoxy) is 2. The highest BCUT2D eigenvalue weighted by Gasteiger charge is 2.57. The number of hydrogen-bond donors (Lipinski definition) is 0. The number of hydrogen-bond acceptors (Lipinski definition) is 7. The van der Waals surface area contributed by atoms with Crippen molar-refractivity contribution in [1.82, 2.24) is 9.55 Å². The third-order valence-electron chi connectivity index (χ3n) is 7.48. The molecule has 2 fully saturated rings. The Morgan fingerprint density at radius 2 is 1.71 bits per heavy atom. The van der Waals surface area contributed by atoms with Gasteiger partial charge in [0.1, 0.15) is 28.8 Å². The zero-order chi connectivity index (χ0) is 29.1. The minimum absolute atomic E-state index is 0.00730. The highest BCUT2D eigenvalue weighted by Crippen LogP contribution is 2.55. The molecular weight excluding hydrogens is 530 g/mol. The first-order valence-corrected chi connectivity index (χ1v) is 13.2. The monoisotopic (exact) mass is 556 g/mol. The first-order chi connectivity index (χ1) is 19.5. The van der Waals surface area contributed by atoms with Crippen LogP contribution in [-0.2, 0) is 4.74 Å². The summed E-state index contributed by atoms with van der Waals surface area (Å²) < 4.78 is 40.9. The fourth-order valence-electron chi connectivity index (χ4n) is 5.51. The summed E-state index contributed by atoms with van der Waals surface area (Å²) >= 11 is 0. The van der Waals surface area contributed by atoms with Gasteiger partial charge in [-0.05, 0) is 75.4 Å². The van der Waals surface area contributed by atoms with Gasteiger partial charge in [-0.1, -0.05) is 0 Å². The van der Waals surface area contributed by atoms with E-state index in [9.17, 15) is 23.6 Å². The van der Waals surface area contributed by atoms with Crippen molar-refractivity contribution in [2.24, 2.45) is 11.8 Å². The van der Waals surface area contributed by atoms with Crippen LogP contribution in [0.1, 0.15) is 42.7 Å². The number of esters is 1. The van der Waals surface area contributed by atoms with Crippen LogP contribution >= 0.6 is 0 Å². The Morgan fingerprint density at radius 3 is 2.37 bits per heavy atom. The quantitative estimate of drug-likeness (QED) is 0.295. The molecule has 1 aliphatic carbocycles. The van der Waals surface area contributed by atoms with Crippen molar-refractivity contribution in [3.8, 4) is 17.6 Å². The Hall–Kier alpha value is -4.78. The molecule has 0 radical (unpaired) electrons. The zero-order valence-corrected chi connectivity index (χ0v) is 22.6. The van der Waals surface area contributed by atoms with Gasteiger partial charge in [-0.25, -0.2) is 18.6 Å². The van der Waals surface area contributed by atoms with Gasteiger partial charge in [-0.2, -0.15) is 5.26 Å². The summed E-state index contributed by atoms with van der Waals surface area (Å²) in [6.07, 6.45) is 1.55. The zero-order valence-electron chi connectivity index (χ0n) is 22.6. The van der Waals surface area contributed by atoms with Crippen LogP contribution in [0, 0.1) is 34.8 Å². The van der Waals surface area contributed by atoms with E-state index in [2.05, 4.69) is 9.88 Å². The van der Waals surface area contributed by atoms with Crippen LogP contribution in [-0.4, -0.2) is 34.2 Å². The van der Waals surface area contributed by atoms with Crippen molar-refractivity contribution in [1.29, 1.82) is 5.26 Å². The van der Waals surface area contributed by atoms with E-state index in [1.165, 1.54) is 12.1 Å². The molecule has 1 aromatic heterocycles. The van der Waals surface area contributed by atoms with E-state index < -0.39 is 28.5 Å². The van der Waals surface area contributed by atoms with Gasteiger partial charge in [0, 0.05) is 36.7 Å². The average Bonchev–Trinajstić information content (AvgIpc) is 3.41. The number of rotatable bonds is 5. The van der Waals surface area contributed by atoms with Gasteiger partial charge in [0.25, 0.3) is 5.56 Å². The molecule has 0 bridgehead atoms. The van der Waals surface area contributed by atoms with Crippen LogP contribution in [0.3, 0.4) is 0 Å². The molecule has 2 heterocycles. The topological polar surface area (TPSA) is 97.4 Å². The van der Waals surface area contributed by atoms with E-state index in [1.54, 1.807) is 35.2 Å². The molecule has 0 N–H and O–H groups in total. The van der Waals surface area contributed by atoms with Crippen molar-refractivity contribution in [2.75, 3.05) is 18.0 Å². The number of anilines is 1. The van der Waals surface area contributed by atoms with E-state index in [1.807, 2.05) is 32.9 Å². The standard InChI is InChI=1S/C31H26F2N4O4/c1-31(2,3)41-30(39)17-4-6-18(7-5-17)36-14-22-23(15-36)27(22)37-16-35-26-11-8-19(12-20(26)29(37)38)40-28-21(13-34)24(32)9-10-25(28)33/h4-12,16,22-23,27H,14-15H2,1-3H3/t22-,23+,27?. The third kappa shape index (κ3) is 4.88. The lowest BCUT2D eigenvalue weighted by Gasteiger charge is -2.23. The van der Waals surface area contributed by atoms with Crippen molar-refractivity contribution in [3.63, 3.8) is 0 Å². The van der Waals surface area contributed by atoms with Crippen molar-refractivity contribution in [3.05, 3.63) is 94.0 Å². The fourth-order valence-corrected chi connectivity index (χ4v) is 5.51. The van der Waals surface area contributed by atoms with Gasteiger partial charge in [-0.3, -0.25) is 9.36 Å². The number of fused-ring (bicyclic) bond motifs is 2. The summed E-state index contributed by atoms with van der Waals surface area (Å²) in [6, 6.07) is 15.2. The lowest BCUT2D eigenvalue weighted by molar-refractivity contribution is 0.00695. The molecular formula is C31H26F2N4O4. The summed E-state index contributed by atoms with van der Waals surface area (Å²) in [5.41, 5.74) is 0.557. The Labute approximate surface area is 234 Å². The molecule has 1 saturated carbocycles. The molecule has 1 unspecified atom stereocenters. The predicted octanol–water partition coefficient (Wildman–Crippen LogP) is 5.60. The molecule has 2 aliphatic rings. The minimum Gasteiger partial charge on any atom is -0.456 e. The molecule has 1 aliphatic heterocycles. The fraction of sp³-hybridized carbons (Fsp3) is 0.290. The lowest BCUT2D eigenvalue weighted by Crippen LogP contribution is -2.28. The summed E-state index contributed by atoms with van der Waals surface area (Å²) in [6.45, 7) is 6.99. The van der Waals surface area contributed by atoms with Crippen LogP contribution in [0.2, 0.25) is 0 Å². The van der Waals surface area contributed by atoms with Crippen LogP contribution in [0.25, 0.3) is 10.9 Å². The van der Waals surface area contributed by atoms with E-state index in [0.29, 0.717) is 11.1 Å². The highest BCUT2D eigenvalue weighted by molar-refractivity contribution is 5.90. The summed E-state index contributed by atoms with van der Waals surface area (Å²) in [4.78, 5) is 32.5. The van der Waals surface area contributed by atoms with E-state index in [0.717, 1.165) is 30.9 Å². The van der Waals surface area contributed by atoms with Crippen LogP contribution in [0.15, 0.2) is 65.7 Å². The van der Waals surface area contributed by atoms with Gasteiger partial charge in [0.05, 0.1) is 22.8 Å². The smallest absolute Gasteiger partial charge is 0.338 e. The number of nitrogens with zero attached hydrogens (tertiary/aromatic N) is 4. The number of benzene rings is 3. The number of nitriles is 1. The number of aromatic nitrogens is 2. The number of halogens is 2. The second kappa shape index (κ2) is 9.70. The summed E-state index contributed by atoms with van der Waals surface area (Å²) in [5.74, 6) is -2.08. The van der Waals surface area contributed by atoms with Crippen molar-refractivity contribution >= 4 is 22.6 Å². The molecule has 1 saturated heterocycles. The Bertz CT molecular complexity index is 1780. The third-order valence-corrected chi connectivity index (χ3v) is 7.48. The second-order valence-electron chi connectivity index (χ2n) is 11.4. The highest BCUT2D eigenvalue weighted by atomic mass is 19.1. The maximum absolute atomic E-state index is 14.3. The first-order valence-electron chi connectivity index (χ1n) is 13.2. The molecule has 208 valence electrons. The Morgan fingerprint density at radius 1 is 1.02 bits per heavy atom. The maximum Gasteiger partial charge on any atom is 0.338 e. The number of carbonyl (C=O) groups excluding carboxylic acids is 1. The van der Waals surface area contributed by atoms with E-state index >= 15 is 0 Å². The van der Waals surface area contributed by atoms with Gasteiger partial charge >= 0.3 is 5.97 Å². The van der Waals surface area contributed by atoms with Gasteiger partial charge in [0.2, 0.25) is 0 Å². The SMILES string of the molecule is CC(C)(C)OC(=O)c1ccc(N2C[C@@H]3C(n4cnc5ccc(Oc6c(F)ccc(F)c6C#N)cc5c4=O)[C@@H]3C2)cc1. The van der Waals surface area contributed by atoms with Crippen molar-refractivity contribution < 1.29 is 23.0 Å². The molecule has 4 aromatic rings. The molecule has 6 rings (SSSR count). The number of piperidine rings is 1. The van der Waals surface area contributed by atoms with E-state index in [4.69, 9.17) is 9.47 Å². The largest absolute Gasteiger partial charge is 0.456 e. The normalized spacial score (nSPS) is 19.5. The summed E-state index contributed by atoms with van der Waals surface area (Å²) in [7, 11) is 0. The molecule has 3 atom stereocenters. The predicted molar refractivity (Wildman–Crippen MR) is 147 cm³/mol. The molecule has 8 nitrogen and oxygen atoms in total. The minimum atomic E-state index is -0.901. The molecule has 0 spiro atoms. The van der Waals surface area contributed by atoms with Gasteiger partial charge in [-0.15, -0.1) is 0 Å². The molecule has 10 heteroatoms. The van der Waals surface area contributed by atoms with Crippen molar-refractivity contribution in [2.45, 2.75) is 32.4 Å². The summed E-state index contributed by atoms with van der Waals surface area (Å²) in [5, 5.41) is 9.52. The second-order valence-corrected chi connectivity index (χ2v) is 11.4. The first kappa shape index (κ1) is 26.4. The Kier molecular flexibility index (Phi) is 6.25.